The Labute approximate surface area is 158 Å². The molecular weight excluding hydrogens is 369 g/mol. The zero-order valence-electron chi connectivity index (χ0n) is 14.7. The lowest BCUT2D eigenvalue weighted by Crippen LogP contribution is -2.05. The number of hydrogen-bond donors (Lipinski definition) is 1. The minimum absolute atomic E-state index is 0.379. The predicted octanol–water partition coefficient (Wildman–Crippen LogP) is 5.19. The molecule has 0 fully saturated rings. The molecule has 0 aliphatic heterocycles. The lowest BCUT2D eigenvalue weighted by molar-refractivity contribution is -0.137. The summed E-state index contributed by atoms with van der Waals surface area (Å²) in [5.41, 5.74) is 1.72. The number of anilines is 2. The smallest absolute Gasteiger partial charge is 0.416 e. The van der Waals surface area contributed by atoms with Gasteiger partial charge in [0.05, 0.1) is 30.2 Å². The second-order valence-electron chi connectivity index (χ2n) is 6.10. The average Bonchev–Trinajstić information content (AvgIpc) is 3.22. The van der Waals surface area contributed by atoms with Crippen molar-refractivity contribution in [3.05, 3.63) is 72.9 Å². The van der Waals surface area contributed by atoms with E-state index in [4.69, 9.17) is 4.74 Å². The Morgan fingerprint density at radius 1 is 1.04 bits per heavy atom. The maximum atomic E-state index is 13.1. The third-order valence-corrected chi connectivity index (χ3v) is 4.28. The van der Waals surface area contributed by atoms with E-state index in [0.717, 1.165) is 17.8 Å². The van der Waals surface area contributed by atoms with E-state index in [9.17, 15) is 13.2 Å². The van der Waals surface area contributed by atoms with Crippen LogP contribution >= 0.6 is 0 Å². The third kappa shape index (κ3) is 3.48. The molecule has 0 unspecified atom stereocenters. The SMILES string of the molecule is COc1cc(Nc2ccnc3ccc(C(F)(F)F)cc23)cc(-n2ccnc2)c1. The maximum absolute atomic E-state index is 13.1. The molecule has 5 nitrogen and oxygen atoms in total. The van der Waals surface area contributed by atoms with Crippen molar-refractivity contribution in [2.75, 3.05) is 12.4 Å². The largest absolute Gasteiger partial charge is 0.497 e. The minimum atomic E-state index is -4.42. The second-order valence-corrected chi connectivity index (χ2v) is 6.10. The molecule has 28 heavy (non-hydrogen) atoms. The van der Waals surface area contributed by atoms with E-state index in [1.165, 1.54) is 6.07 Å². The van der Waals surface area contributed by atoms with Crippen molar-refractivity contribution in [1.29, 1.82) is 0 Å². The van der Waals surface area contributed by atoms with Gasteiger partial charge in [0.1, 0.15) is 5.75 Å². The van der Waals surface area contributed by atoms with Gasteiger partial charge in [-0.25, -0.2) is 4.98 Å². The molecule has 0 bridgehead atoms. The van der Waals surface area contributed by atoms with Crippen LogP contribution in [0.1, 0.15) is 5.56 Å². The van der Waals surface area contributed by atoms with Gasteiger partial charge in [-0.3, -0.25) is 4.98 Å². The number of aromatic nitrogens is 3. The summed E-state index contributed by atoms with van der Waals surface area (Å²) in [5.74, 6) is 0.600. The number of rotatable bonds is 4. The van der Waals surface area contributed by atoms with Crippen LogP contribution in [0.5, 0.6) is 5.75 Å². The van der Waals surface area contributed by atoms with Gasteiger partial charge in [0, 0.05) is 47.5 Å². The lowest BCUT2D eigenvalue weighted by Gasteiger charge is -2.14. The fourth-order valence-corrected chi connectivity index (χ4v) is 2.92. The minimum Gasteiger partial charge on any atom is -0.497 e. The van der Waals surface area contributed by atoms with Crippen LogP contribution in [0.15, 0.2) is 67.4 Å². The zero-order chi connectivity index (χ0) is 19.7. The van der Waals surface area contributed by atoms with Crippen LogP contribution in [-0.4, -0.2) is 21.6 Å². The van der Waals surface area contributed by atoms with E-state index < -0.39 is 11.7 Å². The van der Waals surface area contributed by atoms with Gasteiger partial charge in [0.2, 0.25) is 0 Å². The van der Waals surface area contributed by atoms with E-state index in [1.54, 1.807) is 48.7 Å². The van der Waals surface area contributed by atoms with Crippen LogP contribution < -0.4 is 10.1 Å². The van der Waals surface area contributed by atoms with Crippen molar-refractivity contribution in [3.8, 4) is 11.4 Å². The summed E-state index contributed by atoms with van der Waals surface area (Å²) in [4.78, 5) is 8.18. The van der Waals surface area contributed by atoms with Crippen LogP contribution in [-0.2, 0) is 6.18 Å². The van der Waals surface area contributed by atoms with Crippen molar-refractivity contribution in [1.82, 2.24) is 14.5 Å². The summed E-state index contributed by atoms with van der Waals surface area (Å²) < 4.78 is 46.5. The number of methoxy groups -OCH3 is 1. The first-order valence-corrected chi connectivity index (χ1v) is 8.34. The highest BCUT2D eigenvalue weighted by molar-refractivity contribution is 5.93. The highest BCUT2D eigenvalue weighted by atomic mass is 19.4. The van der Waals surface area contributed by atoms with E-state index in [2.05, 4.69) is 15.3 Å². The Kier molecular flexibility index (Phi) is 4.38. The van der Waals surface area contributed by atoms with E-state index in [1.807, 2.05) is 12.1 Å². The maximum Gasteiger partial charge on any atom is 0.416 e. The molecule has 0 radical (unpaired) electrons. The van der Waals surface area contributed by atoms with E-state index in [-0.39, 0.29) is 0 Å². The fraction of sp³-hybridized carbons (Fsp3) is 0.100. The second kappa shape index (κ2) is 6.88. The highest BCUT2D eigenvalue weighted by Crippen LogP contribution is 2.34. The summed E-state index contributed by atoms with van der Waals surface area (Å²) in [6, 6.07) is 10.6. The number of imidazole rings is 1. The van der Waals surface area contributed by atoms with Crippen molar-refractivity contribution < 1.29 is 17.9 Å². The van der Waals surface area contributed by atoms with Gasteiger partial charge in [-0.15, -0.1) is 0 Å². The summed E-state index contributed by atoms with van der Waals surface area (Å²) in [6.45, 7) is 0. The van der Waals surface area contributed by atoms with Crippen molar-refractivity contribution in [3.63, 3.8) is 0 Å². The Hall–Kier alpha value is -3.55. The zero-order valence-corrected chi connectivity index (χ0v) is 14.7. The van der Waals surface area contributed by atoms with Gasteiger partial charge >= 0.3 is 6.18 Å². The number of benzene rings is 2. The van der Waals surface area contributed by atoms with Crippen molar-refractivity contribution in [2.45, 2.75) is 6.18 Å². The van der Waals surface area contributed by atoms with Gasteiger partial charge in [0.15, 0.2) is 0 Å². The molecule has 2 aromatic carbocycles. The highest BCUT2D eigenvalue weighted by Gasteiger charge is 2.30. The molecule has 0 aliphatic carbocycles. The molecule has 2 aromatic heterocycles. The van der Waals surface area contributed by atoms with Gasteiger partial charge in [-0.1, -0.05) is 0 Å². The van der Waals surface area contributed by atoms with Crippen LogP contribution in [0.3, 0.4) is 0 Å². The van der Waals surface area contributed by atoms with Gasteiger partial charge in [-0.05, 0) is 30.3 Å². The number of fused-ring (bicyclic) bond motifs is 1. The summed E-state index contributed by atoms with van der Waals surface area (Å²) in [5, 5.41) is 3.56. The monoisotopic (exact) mass is 384 g/mol. The number of ether oxygens (including phenoxy) is 1. The van der Waals surface area contributed by atoms with Gasteiger partial charge in [0.25, 0.3) is 0 Å². The Bertz CT molecular complexity index is 1120. The molecule has 4 rings (SSSR count). The molecule has 1 N–H and O–H groups in total. The Morgan fingerprint density at radius 2 is 1.89 bits per heavy atom. The number of pyridine rings is 1. The van der Waals surface area contributed by atoms with Crippen LogP contribution in [0.4, 0.5) is 24.5 Å². The predicted molar refractivity (Wildman–Crippen MR) is 100 cm³/mol. The molecule has 0 aliphatic rings. The summed E-state index contributed by atoms with van der Waals surface area (Å²) in [6.07, 6.45) is 2.22. The van der Waals surface area contributed by atoms with Crippen LogP contribution in [0, 0.1) is 0 Å². The molecule has 0 atom stereocenters. The van der Waals surface area contributed by atoms with Crippen molar-refractivity contribution in [2.24, 2.45) is 0 Å². The number of halogens is 3. The quantitative estimate of drug-likeness (QED) is 0.526. The summed E-state index contributed by atoms with van der Waals surface area (Å²) >= 11 is 0. The molecule has 0 saturated heterocycles. The molecule has 0 amide bonds. The lowest BCUT2D eigenvalue weighted by atomic mass is 10.1. The van der Waals surface area contributed by atoms with E-state index >= 15 is 0 Å². The molecule has 142 valence electrons. The molecule has 8 heteroatoms. The number of hydrogen-bond acceptors (Lipinski definition) is 4. The Balaban J connectivity index is 1.79. The topological polar surface area (TPSA) is 52.0 Å². The molecule has 0 spiro atoms. The standard InChI is InChI=1S/C20H15F3N4O/c1-28-16-10-14(9-15(11-16)27-7-6-24-12-27)26-19-4-5-25-18-3-2-13(8-17(18)19)20(21,22)23/h2-12H,1H3,(H,25,26). The first-order valence-electron chi connectivity index (χ1n) is 8.34. The molecule has 0 saturated carbocycles. The van der Waals surface area contributed by atoms with Crippen molar-refractivity contribution >= 4 is 22.3 Å². The van der Waals surface area contributed by atoms with Gasteiger partial charge in [-0.2, -0.15) is 13.2 Å². The summed E-state index contributed by atoms with van der Waals surface area (Å²) in [7, 11) is 1.55. The molecule has 2 heterocycles. The first-order chi connectivity index (χ1) is 13.4. The van der Waals surface area contributed by atoms with Gasteiger partial charge < -0.3 is 14.6 Å². The molecule has 4 aromatic rings. The average molecular weight is 384 g/mol. The number of nitrogens with zero attached hydrogens (tertiary/aromatic N) is 3. The third-order valence-electron chi connectivity index (χ3n) is 4.28. The fourth-order valence-electron chi connectivity index (χ4n) is 2.92. The normalized spacial score (nSPS) is 11.6. The van der Waals surface area contributed by atoms with E-state index in [0.29, 0.717) is 28.0 Å². The van der Waals surface area contributed by atoms with Crippen LogP contribution in [0.2, 0.25) is 0 Å². The number of alkyl halides is 3. The molecular formula is C20H15F3N4O. The Morgan fingerprint density at radius 3 is 2.61 bits per heavy atom. The number of nitrogens with one attached hydrogen (secondary N) is 1. The first kappa shape index (κ1) is 17.8. The van der Waals surface area contributed by atoms with Crippen LogP contribution in [0.25, 0.3) is 16.6 Å².